The first-order chi connectivity index (χ1) is 11.8. The van der Waals surface area contributed by atoms with Gasteiger partial charge in [0.25, 0.3) is 5.91 Å². The van der Waals surface area contributed by atoms with Crippen LogP contribution in [0.5, 0.6) is 0 Å². The molecule has 0 spiro atoms. The number of hydrogen-bond acceptors (Lipinski definition) is 5. The van der Waals surface area contributed by atoms with Gasteiger partial charge in [-0.15, -0.1) is 16.8 Å². The zero-order valence-electron chi connectivity index (χ0n) is 15.5. The lowest BCUT2D eigenvalue weighted by molar-refractivity contribution is -0.118. The van der Waals surface area contributed by atoms with Crippen molar-refractivity contribution in [2.75, 3.05) is 5.75 Å². The molecule has 1 aromatic rings. The average Bonchev–Trinajstić information content (AvgIpc) is 3.09. The molecule has 2 unspecified atom stereocenters. The molecule has 2 atom stereocenters. The number of allylic oxidation sites excluding steroid dienone is 1. The van der Waals surface area contributed by atoms with Gasteiger partial charge in [0, 0.05) is 17.7 Å². The molecule has 136 valence electrons. The molecule has 3 rings (SSSR count). The van der Waals surface area contributed by atoms with Crippen LogP contribution in [0.25, 0.3) is 0 Å². The fourth-order valence-electron chi connectivity index (χ4n) is 4.20. The molecule has 0 saturated heterocycles. The minimum Gasteiger partial charge on any atom is -0.302 e. The molecule has 0 aliphatic heterocycles. The number of hydrazone groups is 1. The molecule has 6 nitrogen and oxygen atoms in total. The van der Waals surface area contributed by atoms with Crippen LogP contribution in [0.4, 0.5) is 0 Å². The Morgan fingerprint density at radius 3 is 2.84 bits per heavy atom. The predicted octanol–water partition coefficient (Wildman–Crippen LogP) is 3.18. The van der Waals surface area contributed by atoms with Crippen molar-refractivity contribution in [1.82, 2.24) is 20.2 Å². The van der Waals surface area contributed by atoms with E-state index in [2.05, 4.69) is 48.1 Å². The zero-order chi connectivity index (χ0) is 18.2. The number of carbonyl (C=O) groups is 1. The Morgan fingerprint density at radius 1 is 1.48 bits per heavy atom. The van der Waals surface area contributed by atoms with E-state index in [9.17, 15) is 4.79 Å². The molecule has 2 aliphatic rings. The topological polar surface area (TPSA) is 72.2 Å². The van der Waals surface area contributed by atoms with E-state index in [1.165, 1.54) is 18.2 Å². The number of amides is 1. The van der Waals surface area contributed by atoms with Gasteiger partial charge in [-0.05, 0) is 37.5 Å². The van der Waals surface area contributed by atoms with Gasteiger partial charge < -0.3 is 4.57 Å². The van der Waals surface area contributed by atoms with Crippen molar-refractivity contribution in [3.63, 3.8) is 0 Å². The third-order valence-corrected chi connectivity index (χ3v) is 7.34. The first-order valence-electron chi connectivity index (χ1n) is 8.79. The average molecular weight is 362 g/mol. The van der Waals surface area contributed by atoms with Crippen molar-refractivity contribution in [3.8, 4) is 0 Å². The number of nitrogens with one attached hydrogen (secondary N) is 1. The van der Waals surface area contributed by atoms with Gasteiger partial charge in [-0.2, -0.15) is 5.10 Å². The summed E-state index contributed by atoms with van der Waals surface area (Å²) in [4.78, 5) is 12.2. The summed E-state index contributed by atoms with van der Waals surface area (Å²) in [5.74, 6) is 1.67. The van der Waals surface area contributed by atoms with Gasteiger partial charge >= 0.3 is 0 Å². The van der Waals surface area contributed by atoms with E-state index in [1.54, 1.807) is 6.08 Å². The molecule has 1 amide bonds. The van der Waals surface area contributed by atoms with E-state index in [4.69, 9.17) is 0 Å². The van der Waals surface area contributed by atoms with E-state index in [-0.39, 0.29) is 22.5 Å². The second-order valence-electron chi connectivity index (χ2n) is 7.80. The number of carbonyl (C=O) groups excluding carboxylic acids is 1. The van der Waals surface area contributed by atoms with E-state index in [0.717, 1.165) is 29.5 Å². The fourth-order valence-corrected chi connectivity index (χ4v) is 4.98. The van der Waals surface area contributed by atoms with Crippen LogP contribution in [-0.4, -0.2) is 32.1 Å². The van der Waals surface area contributed by atoms with Crippen molar-refractivity contribution in [1.29, 1.82) is 0 Å². The number of aryl methyl sites for hydroxylation is 1. The lowest BCUT2D eigenvalue weighted by Gasteiger charge is -2.34. The summed E-state index contributed by atoms with van der Waals surface area (Å²) < 4.78 is 1.94. The van der Waals surface area contributed by atoms with Crippen LogP contribution >= 0.6 is 11.8 Å². The van der Waals surface area contributed by atoms with Crippen LogP contribution in [0.3, 0.4) is 0 Å². The van der Waals surface area contributed by atoms with Gasteiger partial charge in [0.2, 0.25) is 0 Å². The van der Waals surface area contributed by atoms with Gasteiger partial charge in [0.15, 0.2) is 5.16 Å². The first-order valence-corrected chi connectivity index (χ1v) is 9.77. The van der Waals surface area contributed by atoms with Crippen molar-refractivity contribution in [2.24, 2.45) is 21.8 Å². The Bertz CT molecular complexity index is 723. The van der Waals surface area contributed by atoms with Gasteiger partial charge in [-0.1, -0.05) is 38.6 Å². The standard InChI is InChI=1S/C18H27N5OS/c1-6-9-23-12(2)19-22-16(23)25-11-15(24)21-20-14-10-13-7-8-18(14,5)17(13,3)4/h6,13H,1,7-11H2,2-5H3,(H,21,24)/b20-14+. The van der Waals surface area contributed by atoms with Crippen molar-refractivity contribution in [3.05, 3.63) is 18.5 Å². The highest BCUT2D eigenvalue weighted by atomic mass is 32.2. The molecule has 1 aromatic heterocycles. The third-order valence-electron chi connectivity index (χ3n) is 6.37. The molecule has 0 aromatic carbocycles. The second kappa shape index (κ2) is 6.59. The van der Waals surface area contributed by atoms with E-state index in [1.807, 2.05) is 11.5 Å². The molecular weight excluding hydrogens is 334 g/mol. The Hall–Kier alpha value is -1.63. The number of fused-ring (bicyclic) bond motifs is 2. The summed E-state index contributed by atoms with van der Waals surface area (Å²) in [5, 5.41) is 13.4. The molecule has 7 heteroatoms. The third kappa shape index (κ3) is 3.03. The lowest BCUT2D eigenvalue weighted by atomic mass is 9.70. The number of rotatable bonds is 6. The smallest absolute Gasteiger partial charge is 0.250 e. The van der Waals surface area contributed by atoms with E-state index >= 15 is 0 Å². The van der Waals surface area contributed by atoms with Crippen LogP contribution in [0.15, 0.2) is 22.9 Å². The number of hydrogen-bond donors (Lipinski definition) is 1. The van der Waals surface area contributed by atoms with Gasteiger partial charge in [-0.3, -0.25) is 4.79 Å². The summed E-state index contributed by atoms with van der Waals surface area (Å²) in [6, 6.07) is 0. The summed E-state index contributed by atoms with van der Waals surface area (Å²) in [6.07, 6.45) is 5.23. The molecule has 2 fully saturated rings. The lowest BCUT2D eigenvalue weighted by Crippen LogP contribution is -2.34. The van der Waals surface area contributed by atoms with Crippen LogP contribution < -0.4 is 5.43 Å². The maximum atomic E-state index is 12.2. The van der Waals surface area contributed by atoms with Crippen LogP contribution in [-0.2, 0) is 11.3 Å². The maximum absolute atomic E-state index is 12.2. The van der Waals surface area contributed by atoms with Crippen molar-refractivity contribution >= 4 is 23.4 Å². The quantitative estimate of drug-likeness (QED) is 0.480. The second-order valence-corrected chi connectivity index (χ2v) is 8.75. The highest BCUT2D eigenvalue weighted by Gasteiger charge is 2.59. The fraction of sp³-hybridized carbons (Fsp3) is 0.667. The molecule has 1 N–H and O–H groups in total. The Balaban J connectivity index is 1.59. The van der Waals surface area contributed by atoms with Crippen molar-refractivity contribution < 1.29 is 4.79 Å². The SMILES string of the molecule is C=CCn1c(C)nnc1SCC(=O)N/N=C1\CC2CCC1(C)C2(C)C. The molecule has 25 heavy (non-hydrogen) atoms. The Kier molecular flexibility index (Phi) is 4.79. The molecular formula is C18H27N5OS. The number of thioether (sulfide) groups is 1. The summed E-state index contributed by atoms with van der Waals surface area (Å²) in [7, 11) is 0. The molecule has 1 heterocycles. The van der Waals surface area contributed by atoms with Crippen LogP contribution in [0.2, 0.25) is 0 Å². The molecule has 2 aliphatic carbocycles. The Morgan fingerprint density at radius 2 is 2.24 bits per heavy atom. The molecule has 0 radical (unpaired) electrons. The minimum atomic E-state index is -0.104. The Labute approximate surface area is 153 Å². The highest BCUT2D eigenvalue weighted by molar-refractivity contribution is 7.99. The van der Waals surface area contributed by atoms with Gasteiger partial charge in [0.05, 0.1) is 5.75 Å². The van der Waals surface area contributed by atoms with E-state index in [0.29, 0.717) is 12.5 Å². The minimum absolute atomic E-state index is 0.104. The molecule has 2 bridgehead atoms. The van der Waals surface area contributed by atoms with E-state index < -0.39 is 0 Å². The van der Waals surface area contributed by atoms with Gasteiger partial charge in [-0.25, -0.2) is 5.43 Å². The van der Waals surface area contributed by atoms with Crippen LogP contribution in [0.1, 0.15) is 45.9 Å². The largest absolute Gasteiger partial charge is 0.302 e. The highest BCUT2D eigenvalue weighted by Crippen LogP contribution is 2.63. The van der Waals surface area contributed by atoms with Crippen molar-refractivity contribution in [2.45, 2.75) is 58.7 Å². The summed E-state index contributed by atoms with van der Waals surface area (Å²) >= 11 is 1.37. The summed E-state index contributed by atoms with van der Waals surface area (Å²) in [6.45, 7) is 13.2. The maximum Gasteiger partial charge on any atom is 0.250 e. The monoisotopic (exact) mass is 361 g/mol. The number of nitrogens with zero attached hydrogens (tertiary/aromatic N) is 4. The summed E-state index contributed by atoms with van der Waals surface area (Å²) in [5.41, 5.74) is 4.28. The van der Waals surface area contributed by atoms with Gasteiger partial charge in [0.1, 0.15) is 5.82 Å². The normalized spacial score (nSPS) is 28.5. The number of aromatic nitrogens is 3. The zero-order valence-corrected chi connectivity index (χ0v) is 16.3. The van der Waals surface area contributed by atoms with Crippen LogP contribution in [0, 0.1) is 23.7 Å². The molecule has 2 saturated carbocycles. The first kappa shape index (κ1) is 18.2. The predicted molar refractivity (Wildman–Crippen MR) is 100 cm³/mol.